The van der Waals surface area contributed by atoms with Gasteiger partial charge in [0.25, 0.3) is 5.92 Å². The Morgan fingerprint density at radius 2 is 1.67 bits per heavy atom. The van der Waals surface area contributed by atoms with Crippen molar-refractivity contribution in [3.8, 4) is 5.75 Å². The number of rotatable bonds is 14. The quantitative estimate of drug-likeness (QED) is 0.278. The highest BCUT2D eigenvalue weighted by atomic mass is 19.3. The summed E-state index contributed by atoms with van der Waals surface area (Å²) in [6.45, 7) is 3.11. The van der Waals surface area contributed by atoms with Gasteiger partial charge in [0.1, 0.15) is 23.4 Å². The normalized spacial score (nSPS) is 23.9. The molecule has 10 nitrogen and oxygen atoms in total. The second kappa shape index (κ2) is 14.1. The maximum absolute atomic E-state index is 13.7. The van der Waals surface area contributed by atoms with E-state index < -0.39 is 53.9 Å². The second-order valence-corrected chi connectivity index (χ2v) is 12.4. The van der Waals surface area contributed by atoms with E-state index in [-0.39, 0.29) is 31.6 Å². The minimum absolute atomic E-state index is 0.128. The molecule has 4 atom stereocenters. The second-order valence-electron chi connectivity index (χ2n) is 12.4. The van der Waals surface area contributed by atoms with E-state index in [1.807, 2.05) is 0 Å². The molecule has 3 aliphatic rings. The van der Waals surface area contributed by atoms with Gasteiger partial charge in [0.15, 0.2) is 5.78 Å². The van der Waals surface area contributed by atoms with Crippen LogP contribution in [0.2, 0.25) is 0 Å². The first kappa shape index (κ1) is 32.8. The molecule has 1 aromatic carbocycles. The Balaban J connectivity index is 1.43. The van der Waals surface area contributed by atoms with E-state index in [4.69, 9.17) is 9.47 Å². The standard InChI is InChI=1S/C31H44F2N4O6/c1-20(34-26(38)17-37-14-6-13-31(32,33)18-37)28(40)36-25(16-22-9-11-23(42-3)12-10-22)29(41)35-24(15-21-7-4-5-8-21)27(39)30(2)19-43-30/h9-12,20-21,24-25H,4-8,13-19H2,1-3H3,(H,34,38)(H,35,41)(H,36,40)/t20-,24-,25?,30+/m0/s1. The van der Waals surface area contributed by atoms with Crippen LogP contribution in [0, 0.1) is 5.92 Å². The van der Waals surface area contributed by atoms with Crippen LogP contribution in [-0.2, 0) is 30.3 Å². The van der Waals surface area contributed by atoms with Gasteiger partial charge >= 0.3 is 0 Å². The molecule has 1 unspecified atom stereocenters. The monoisotopic (exact) mass is 606 g/mol. The number of piperidine rings is 1. The predicted octanol–water partition coefficient (Wildman–Crippen LogP) is 2.38. The minimum atomic E-state index is -2.84. The highest BCUT2D eigenvalue weighted by Gasteiger charge is 2.50. The van der Waals surface area contributed by atoms with Gasteiger partial charge in [0.05, 0.1) is 32.8 Å². The SMILES string of the molecule is COc1ccc(CC(NC(=O)[C@H](C)NC(=O)CN2CCCC(F)(F)C2)C(=O)N[C@@H](CC2CCCC2)C(=O)[C@@]2(C)CO2)cc1. The Labute approximate surface area is 251 Å². The largest absolute Gasteiger partial charge is 0.497 e. The van der Waals surface area contributed by atoms with E-state index in [9.17, 15) is 28.0 Å². The predicted molar refractivity (Wildman–Crippen MR) is 155 cm³/mol. The number of methoxy groups -OCH3 is 1. The van der Waals surface area contributed by atoms with Crippen molar-refractivity contribution in [2.75, 3.05) is 33.4 Å². The number of benzene rings is 1. The van der Waals surface area contributed by atoms with Crippen LogP contribution in [0.5, 0.6) is 5.75 Å². The maximum atomic E-state index is 13.7. The van der Waals surface area contributed by atoms with Crippen molar-refractivity contribution < 1.29 is 37.4 Å². The van der Waals surface area contributed by atoms with Crippen molar-refractivity contribution >= 4 is 23.5 Å². The van der Waals surface area contributed by atoms with Crippen molar-refractivity contribution in [3.63, 3.8) is 0 Å². The number of nitrogens with zero attached hydrogens (tertiary/aromatic N) is 1. The van der Waals surface area contributed by atoms with Gasteiger partial charge in [-0.05, 0) is 56.8 Å². The Bertz CT molecular complexity index is 1150. The molecule has 0 aromatic heterocycles. The molecule has 3 fully saturated rings. The summed E-state index contributed by atoms with van der Waals surface area (Å²) in [6, 6.07) is 4.23. The lowest BCUT2D eigenvalue weighted by molar-refractivity contribution is -0.134. The van der Waals surface area contributed by atoms with E-state index in [0.717, 1.165) is 31.2 Å². The van der Waals surface area contributed by atoms with Gasteiger partial charge in [-0.25, -0.2) is 8.78 Å². The summed E-state index contributed by atoms with van der Waals surface area (Å²) in [5, 5.41) is 8.20. The molecule has 1 saturated carbocycles. The number of nitrogens with one attached hydrogen (secondary N) is 3. The number of carbonyl (C=O) groups excluding carboxylic acids is 4. The molecule has 2 saturated heterocycles. The van der Waals surface area contributed by atoms with Crippen LogP contribution in [-0.4, -0.2) is 91.4 Å². The van der Waals surface area contributed by atoms with Gasteiger partial charge in [-0.2, -0.15) is 0 Å². The average molecular weight is 607 g/mol. The molecular formula is C31H44F2N4O6. The maximum Gasteiger partial charge on any atom is 0.260 e. The van der Waals surface area contributed by atoms with Gasteiger partial charge in [0.2, 0.25) is 17.7 Å². The fourth-order valence-electron chi connectivity index (χ4n) is 5.94. The molecule has 0 spiro atoms. The zero-order chi connectivity index (χ0) is 31.2. The van der Waals surface area contributed by atoms with E-state index in [0.29, 0.717) is 31.2 Å². The van der Waals surface area contributed by atoms with Crippen molar-refractivity contribution in [2.45, 2.75) is 94.9 Å². The number of amides is 3. The first-order valence-corrected chi connectivity index (χ1v) is 15.2. The molecule has 2 heterocycles. The highest BCUT2D eigenvalue weighted by molar-refractivity contribution is 5.98. The lowest BCUT2D eigenvalue weighted by Crippen LogP contribution is -2.57. The molecule has 0 bridgehead atoms. The lowest BCUT2D eigenvalue weighted by atomic mass is 9.90. The number of hydrogen-bond acceptors (Lipinski definition) is 7. The Morgan fingerprint density at radius 1 is 1.02 bits per heavy atom. The smallest absolute Gasteiger partial charge is 0.260 e. The van der Waals surface area contributed by atoms with Crippen molar-refractivity contribution in [2.24, 2.45) is 5.92 Å². The molecular weight excluding hydrogens is 562 g/mol. The Hall–Kier alpha value is -3.12. The third-order valence-electron chi connectivity index (χ3n) is 8.62. The number of halogens is 2. The topological polar surface area (TPSA) is 129 Å². The van der Waals surface area contributed by atoms with Crippen LogP contribution in [0.1, 0.15) is 64.4 Å². The molecule has 1 aliphatic carbocycles. The van der Waals surface area contributed by atoms with Crippen LogP contribution in [0.3, 0.4) is 0 Å². The first-order chi connectivity index (χ1) is 20.4. The number of alkyl halides is 2. The average Bonchev–Trinajstić information content (AvgIpc) is 3.49. The number of likely N-dealkylation sites (tertiary alicyclic amines) is 1. The molecule has 4 rings (SSSR count). The fraction of sp³-hybridized carbons (Fsp3) is 0.677. The van der Waals surface area contributed by atoms with Crippen LogP contribution in [0.4, 0.5) is 8.78 Å². The molecule has 43 heavy (non-hydrogen) atoms. The van der Waals surface area contributed by atoms with Crippen LogP contribution >= 0.6 is 0 Å². The summed E-state index contributed by atoms with van der Waals surface area (Å²) in [7, 11) is 1.55. The van der Waals surface area contributed by atoms with Crippen molar-refractivity contribution in [1.29, 1.82) is 0 Å². The van der Waals surface area contributed by atoms with Gasteiger partial charge in [-0.1, -0.05) is 37.8 Å². The van der Waals surface area contributed by atoms with Crippen LogP contribution in [0.15, 0.2) is 24.3 Å². The van der Waals surface area contributed by atoms with Crippen LogP contribution in [0.25, 0.3) is 0 Å². The Kier molecular flexibility index (Phi) is 10.8. The molecule has 3 N–H and O–H groups in total. The van der Waals surface area contributed by atoms with E-state index >= 15 is 0 Å². The number of hydrogen-bond donors (Lipinski definition) is 3. The fourth-order valence-corrected chi connectivity index (χ4v) is 5.94. The zero-order valence-electron chi connectivity index (χ0n) is 25.3. The molecule has 0 radical (unpaired) electrons. The Morgan fingerprint density at radius 3 is 2.28 bits per heavy atom. The zero-order valence-corrected chi connectivity index (χ0v) is 25.3. The first-order valence-electron chi connectivity index (χ1n) is 15.2. The number of ketones is 1. The van der Waals surface area contributed by atoms with Gasteiger partial charge in [-0.15, -0.1) is 0 Å². The van der Waals surface area contributed by atoms with E-state index in [1.54, 1.807) is 38.3 Å². The number of ether oxygens (including phenoxy) is 2. The van der Waals surface area contributed by atoms with Gasteiger partial charge in [0, 0.05) is 12.8 Å². The van der Waals surface area contributed by atoms with Crippen LogP contribution < -0.4 is 20.7 Å². The lowest BCUT2D eigenvalue weighted by Gasteiger charge is -2.32. The van der Waals surface area contributed by atoms with E-state index in [2.05, 4.69) is 16.0 Å². The molecule has 2 aliphatic heterocycles. The molecule has 1 aromatic rings. The number of carbonyl (C=O) groups is 4. The summed E-state index contributed by atoms with van der Waals surface area (Å²) >= 11 is 0. The molecule has 12 heteroatoms. The van der Waals surface area contributed by atoms with Gasteiger partial charge in [-0.3, -0.25) is 24.1 Å². The third-order valence-corrected chi connectivity index (χ3v) is 8.62. The summed E-state index contributed by atoms with van der Waals surface area (Å²) in [5.41, 5.74) is -0.164. The highest BCUT2D eigenvalue weighted by Crippen LogP contribution is 2.33. The number of epoxide rings is 1. The van der Waals surface area contributed by atoms with Crippen molar-refractivity contribution in [1.82, 2.24) is 20.9 Å². The van der Waals surface area contributed by atoms with Crippen molar-refractivity contribution in [3.05, 3.63) is 29.8 Å². The molecule has 238 valence electrons. The number of Topliss-reactive ketones (excluding diaryl/α,β-unsaturated/α-hetero) is 1. The van der Waals surface area contributed by atoms with Gasteiger partial charge < -0.3 is 25.4 Å². The third kappa shape index (κ3) is 9.43. The minimum Gasteiger partial charge on any atom is -0.497 e. The summed E-state index contributed by atoms with van der Waals surface area (Å²) < 4.78 is 38.1. The summed E-state index contributed by atoms with van der Waals surface area (Å²) in [4.78, 5) is 54.2. The summed E-state index contributed by atoms with van der Waals surface area (Å²) in [6.07, 6.45) is 4.89. The molecule has 3 amide bonds. The summed E-state index contributed by atoms with van der Waals surface area (Å²) in [5.74, 6) is -3.75. The van der Waals surface area contributed by atoms with E-state index in [1.165, 1.54) is 11.8 Å².